The maximum Gasteiger partial charge on any atom is 0.416 e. The molecule has 1 N–H and O–H groups in total. The molecule has 3 aromatic rings. The van der Waals surface area contributed by atoms with E-state index in [1.807, 2.05) is 36.1 Å². The number of carbonyl (C=O) groups is 1. The quantitative estimate of drug-likeness (QED) is 0.522. The third-order valence-electron chi connectivity index (χ3n) is 5.37. The Morgan fingerprint density at radius 2 is 1.88 bits per heavy atom. The molecule has 2 heterocycles. The number of aryl methyl sites for hydroxylation is 1. The lowest BCUT2D eigenvalue weighted by molar-refractivity contribution is -0.137. The molecular formula is C22H23F3N6O2S. The van der Waals surface area contributed by atoms with Crippen LogP contribution in [0.15, 0.2) is 47.6 Å². The van der Waals surface area contributed by atoms with Crippen LogP contribution in [-0.4, -0.2) is 57.7 Å². The third kappa shape index (κ3) is 5.33. The molecule has 1 amide bonds. The molecule has 0 spiro atoms. The highest BCUT2D eigenvalue weighted by molar-refractivity contribution is 8.00. The van der Waals surface area contributed by atoms with E-state index in [9.17, 15) is 18.0 Å². The van der Waals surface area contributed by atoms with Gasteiger partial charge in [0, 0.05) is 13.1 Å². The van der Waals surface area contributed by atoms with Crippen molar-refractivity contribution in [1.29, 1.82) is 0 Å². The van der Waals surface area contributed by atoms with Gasteiger partial charge in [-0.3, -0.25) is 4.79 Å². The van der Waals surface area contributed by atoms with Gasteiger partial charge in [0.1, 0.15) is 0 Å². The highest BCUT2D eigenvalue weighted by atomic mass is 32.2. The Hall–Kier alpha value is -3.12. The zero-order valence-corrected chi connectivity index (χ0v) is 19.4. The Morgan fingerprint density at radius 1 is 1.15 bits per heavy atom. The van der Waals surface area contributed by atoms with Gasteiger partial charge in [-0.05, 0) is 54.1 Å². The summed E-state index contributed by atoms with van der Waals surface area (Å²) < 4.78 is 46.9. The standard InChI is InChI=1S/C22H23F3N6O2S/c1-14-5-3-4-6-18(14)31-21(27-28-29-31)34-15(2)20(32)26-17-13-16(22(23,24)25)7-8-19(17)30-9-11-33-12-10-30/h3-8,13,15H,9-12H2,1-2H3,(H,26,32)/t15-/m1/s1. The Balaban J connectivity index is 1.55. The molecule has 1 aliphatic heterocycles. The van der Waals surface area contributed by atoms with E-state index < -0.39 is 22.9 Å². The molecule has 0 bridgehead atoms. The van der Waals surface area contributed by atoms with Crippen molar-refractivity contribution in [2.24, 2.45) is 0 Å². The van der Waals surface area contributed by atoms with E-state index in [4.69, 9.17) is 4.74 Å². The number of hydrogen-bond donors (Lipinski definition) is 1. The number of amides is 1. The van der Waals surface area contributed by atoms with E-state index in [0.717, 1.165) is 35.1 Å². The predicted octanol–water partition coefficient (Wildman–Crippen LogP) is 3.95. The first-order valence-corrected chi connectivity index (χ1v) is 11.5. The number of ether oxygens (including phenoxy) is 1. The fraction of sp³-hybridized carbons (Fsp3) is 0.364. The van der Waals surface area contributed by atoms with E-state index >= 15 is 0 Å². The summed E-state index contributed by atoms with van der Waals surface area (Å²) in [7, 11) is 0. The molecule has 0 aliphatic carbocycles. The maximum atomic E-state index is 13.4. The SMILES string of the molecule is Cc1ccccc1-n1nnnc1S[C@H](C)C(=O)Nc1cc(C(F)(F)F)ccc1N1CCOCC1. The molecule has 34 heavy (non-hydrogen) atoms. The minimum absolute atomic E-state index is 0.104. The van der Waals surface area contributed by atoms with Crippen LogP contribution in [0.1, 0.15) is 18.1 Å². The molecule has 0 radical (unpaired) electrons. The van der Waals surface area contributed by atoms with Crippen molar-refractivity contribution in [3.05, 3.63) is 53.6 Å². The monoisotopic (exact) mass is 492 g/mol. The second-order valence-corrected chi connectivity index (χ2v) is 9.05. The number of rotatable bonds is 6. The van der Waals surface area contributed by atoms with Crippen LogP contribution in [0.4, 0.5) is 24.5 Å². The van der Waals surface area contributed by atoms with Gasteiger partial charge in [-0.25, -0.2) is 0 Å². The smallest absolute Gasteiger partial charge is 0.378 e. The summed E-state index contributed by atoms with van der Waals surface area (Å²) in [5.41, 5.74) is 1.52. The van der Waals surface area contributed by atoms with Gasteiger partial charge in [0.15, 0.2) is 0 Å². The van der Waals surface area contributed by atoms with Crippen LogP contribution in [0.3, 0.4) is 0 Å². The van der Waals surface area contributed by atoms with Gasteiger partial charge < -0.3 is 15.0 Å². The Bertz CT molecular complexity index is 1160. The summed E-state index contributed by atoms with van der Waals surface area (Å²) in [5.74, 6) is -0.460. The lowest BCUT2D eigenvalue weighted by Crippen LogP contribution is -2.37. The fourth-order valence-electron chi connectivity index (χ4n) is 3.54. The Morgan fingerprint density at radius 3 is 2.59 bits per heavy atom. The van der Waals surface area contributed by atoms with Crippen molar-refractivity contribution in [2.75, 3.05) is 36.5 Å². The molecular weight excluding hydrogens is 469 g/mol. The minimum Gasteiger partial charge on any atom is -0.378 e. The summed E-state index contributed by atoms with van der Waals surface area (Å²) in [5, 5.41) is 14.1. The number of alkyl halides is 3. The zero-order chi connectivity index (χ0) is 24.3. The number of morpholine rings is 1. The lowest BCUT2D eigenvalue weighted by Gasteiger charge is -2.31. The summed E-state index contributed by atoms with van der Waals surface area (Å²) in [6, 6.07) is 10.9. The van der Waals surface area contributed by atoms with Crippen LogP contribution in [-0.2, 0) is 15.7 Å². The second kappa shape index (κ2) is 10.0. The van der Waals surface area contributed by atoms with Crippen LogP contribution in [0.2, 0.25) is 0 Å². The van der Waals surface area contributed by atoms with Crippen molar-refractivity contribution in [2.45, 2.75) is 30.4 Å². The van der Waals surface area contributed by atoms with Crippen LogP contribution >= 0.6 is 11.8 Å². The van der Waals surface area contributed by atoms with E-state index in [2.05, 4.69) is 20.8 Å². The molecule has 0 unspecified atom stereocenters. The molecule has 2 aromatic carbocycles. The molecule has 12 heteroatoms. The first-order chi connectivity index (χ1) is 16.2. The number of carbonyl (C=O) groups excluding carboxylic acids is 1. The molecule has 180 valence electrons. The molecule has 1 aromatic heterocycles. The number of nitrogens with one attached hydrogen (secondary N) is 1. The van der Waals surface area contributed by atoms with Gasteiger partial charge >= 0.3 is 6.18 Å². The number of thioether (sulfide) groups is 1. The number of hydrogen-bond acceptors (Lipinski definition) is 7. The molecule has 1 aliphatic rings. The molecule has 4 rings (SSSR count). The van der Waals surface area contributed by atoms with E-state index in [1.165, 1.54) is 10.7 Å². The summed E-state index contributed by atoms with van der Waals surface area (Å²) in [6.45, 7) is 5.53. The van der Waals surface area contributed by atoms with E-state index in [1.54, 1.807) is 6.92 Å². The lowest BCUT2D eigenvalue weighted by atomic mass is 10.1. The highest BCUT2D eigenvalue weighted by Gasteiger charge is 2.32. The van der Waals surface area contributed by atoms with E-state index in [-0.39, 0.29) is 5.69 Å². The normalized spacial score (nSPS) is 15.3. The average molecular weight is 493 g/mol. The van der Waals surface area contributed by atoms with E-state index in [0.29, 0.717) is 37.1 Å². The van der Waals surface area contributed by atoms with Gasteiger partial charge in [-0.15, -0.1) is 5.10 Å². The van der Waals surface area contributed by atoms with Gasteiger partial charge in [0.2, 0.25) is 11.1 Å². The topological polar surface area (TPSA) is 85.2 Å². The van der Waals surface area contributed by atoms with Crippen molar-refractivity contribution in [3.63, 3.8) is 0 Å². The van der Waals surface area contributed by atoms with Gasteiger partial charge in [0.05, 0.1) is 41.1 Å². The number of benzene rings is 2. The minimum atomic E-state index is -4.53. The summed E-state index contributed by atoms with van der Waals surface area (Å²) >= 11 is 1.12. The summed E-state index contributed by atoms with van der Waals surface area (Å²) in [4.78, 5) is 14.9. The number of nitrogens with zero attached hydrogens (tertiary/aromatic N) is 5. The molecule has 1 fully saturated rings. The van der Waals surface area contributed by atoms with Crippen molar-refractivity contribution >= 4 is 29.0 Å². The van der Waals surface area contributed by atoms with Crippen LogP contribution < -0.4 is 10.2 Å². The molecule has 1 atom stereocenters. The Kier molecular flexibility index (Phi) is 7.08. The number of para-hydroxylation sites is 1. The Labute approximate surface area is 198 Å². The first-order valence-electron chi connectivity index (χ1n) is 10.6. The largest absolute Gasteiger partial charge is 0.416 e. The number of halogens is 3. The van der Waals surface area contributed by atoms with Crippen LogP contribution in [0.5, 0.6) is 0 Å². The number of anilines is 2. The number of aromatic nitrogens is 4. The van der Waals surface area contributed by atoms with Crippen molar-refractivity contribution < 1.29 is 22.7 Å². The first kappa shape index (κ1) is 24.0. The third-order valence-corrected chi connectivity index (χ3v) is 6.40. The van der Waals surface area contributed by atoms with Gasteiger partial charge in [-0.2, -0.15) is 17.9 Å². The summed E-state index contributed by atoms with van der Waals surface area (Å²) in [6.07, 6.45) is -4.53. The molecule has 8 nitrogen and oxygen atoms in total. The number of tetrazole rings is 1. The fourth-order valence-corrected chi connectivity index (χ4v) is 4.34. The average Bonchev–Trinajstić information content (AvgIpc) is 3.27. The predicted molar refractivity (Wildman–Crippen MR) is 122 cm³/mol. The van der Waals surface area contributed by atoms with Crippen LogP contribution in [0, 0.1) is 6.92 Å². The molecule has 1 saturated heterocycles. The molecule has 0 saturated carbocycles. The zero-order valence-electron chi connectivity index (χ0n) is 18.5. The maximum absolute atomic E-state index is 13.4. The second-order valence-electron chi connectivity index (χ2n) is 7.74. The van der Waals surface area contributed by atoms with Gasteiger partial charge in [-0.1, -0.05) is 30.0 Å². The van der Waals surface area contributed by atoms with Crippen LogP contribution in [0.25, 0.3) is 5.69 Å². The van der Waals surface area contributed by atoms with Crippen molar-refractivity contribution in [1.82, 2.24) is 20.2 Å². The highest BCUT2D eigenvalue weighted by Crippen LogP contribution is 2.36. The van der Waals surface area contributed by atoms with Crippen molar-refractivity contribution in [3.8, 4) is 5.69 Å². The van der Waals surface area contributed by atoms with Gasteiger partial charge in [0.25, 0.3) is 0 Å².